The third-order valence-corrected chi connectivity index (χ3v) is 3.24. The fraction of sp³-hybridized carbons (Fsp3) is 0.400. The van der Waals surface area contributed by atoms with Crippen LogP contribution in [0.3, 0.4) is 0 Å². The normalized spacial score (nSPS) is 13.4. The van der Waals surface area contributed by atoms with Gasteiger partial charge in [-0.1, -0.05) is 32.2 Å². The predicted octanol–water partition coefficient (Wildman–Crippen LogP) is 2.11. The van der Waals surface area contributed by atoms with Crippen molar-refractivity contribution in [1.29, 1.82) is 0 Å². The third kappa shape index (κ3) is 2.06. The first-order chi connectivity index (χ1) is 5.63. The van der Waals surface area contributed by atoms with Gasteiger partial charge in [0.05, 0.1) is 6.10 Å². The maximum absolute atomic E-state index is 9.46. The summed E-state index contributed by atoms with van der Waals surface area (Å²) in [5, 5.41) is 10.8. The fourth-order valence-corrected chi connectivity index (χ4v) is 2.41. The van der Waals surface area contributed by atoms with Crippen LogP contribution in [0.2, 0.25) is 0 Å². The molecular formula is C10H15OP. The molecule has 1 N–H and O–H groups in total. The van der Waals surface area contributed by atoms with Crippen LogP contribution in [0.1, 0.15) is 18.6 Å². The Morgan fingerprint density at radius 1 is 1.25 bits per heavy atom. The highest BCUT2D eigenvalue weighted by Gasteiger charge is 2.08. The largest absolute Gasteiger partial charge is 0.389 e. The molecule has 0 aliphatic heterocycles. The van der Waals surface area contributed by atoms with Crippen LogP contribution in [0.4, 0.5) is 0 Å². The van der Waals surface area contributed by atoms with Gasteiger partial charge in [0.1, 0.15) is 0 Å². The van der Waals surface area contributed by atoms with Crippen LogP contribution in [-0.4, -0.2) is 18.4 Å². The topological polar surface area (TPSA) is 20.2 Å². The van der Waals surface area contributed by atoms with Crippen LogP contribution in [0, 0.1) is 0 Å². The van der Waals surface area contributed by atoms with Gasteiger partial charge < -0.3 is 5.11 Å². The molecule has 0 fully saturated rings. The summed E-state index contributed by atoms with van der Waals surface area (Å²) in [5.74, 6) is 0. The molecule has 1 aromatic rings. The quantitative estimate of drug-likeness (QED) is 0.694. The fourth-order valence-electron chi connectivity index (χ4n) is 1.25. The van der Waals surface area contributed by atoms with E-state index in [0.717, 1.165) is 5.56 Å². The lowest BCUT2D eigenvalue weighted by molar-refractivity contribution is 0.200. The second-order valence-electron chi connectivity index (χ2n) is 3.13. The van der Waals surface area contributed by atoms with Crippen molar-refractivity contribution in [2.24, 2.45) is 0 Å². The maximum atomic E-state index is 9.46. The van der Waals surface area contributed by atoms with Gasteiger partial charge in [-0.2, -0.15) is 0 Å². The van der Waals surface area contributed by atoms with Crippen molar-refractivity contribution in [3.05, 3.63) is 29.8 Å². The van der Waals surface area contributed by atoms with Crippen LogP contribution >= 0.6 is 7.92 Å². The Hall–Kier alpha value is -0.390. The van der Waals surface area contributed by atoms with Crippen LogP contribution in [-0.2, 0) is 0 Å². The van der Waals surface area contributed by atoms with Gasteiger partial charge in [-0.3, -0.25) is 0 Å². The van der Waals surface area contributed by atoms with Gasteiger partial charge in [-0.25, -0.2) is 0 Å². The molecule has 0 aliphatic rings. The molecule has 0 aliphatic carbocycles. The minimum Gasteiger partial charge on any atom is -0.389 e. The van der Waals surface area contributed by atoms with Gasteiger partial charge in [0, 0.05) is 0 Å². The van der Waals surface area contributed by atoms with E-state index in [1.54, 1.807) is 0 Å². The molecule has 1 aromatic carbocycles. The molecular weight excluding hydrogens is 167 g/mol. The van der Waals surface area contributed by atoms with Gasteiger partial charge in [-0.05, 0) is 31.1 Å². The van der Waals surface area contributed by atoms with Crippen molar-refractivity contribution >= 4 is 13.2 Å². The molecule has 1 atom stereocenters. The number of hydrogen-bond acceptors (Lipinski definition) is 1. The van der Waals surface area contributed by atoms with E-state index in [1.807, 2.05) is 25.1 Å². The second kappa shape index (κ2) is 4.02. The van der Waals surface area contributed by atoms with Crippen molar-refractivity contribution in [1.82, 2.24) is 0 Å². The zero-order valence-corrected chi connectivity index (χ0v) is 8.68. The lowest BCUT2D eigenvalue weighted by Gasteiger charge is -2.14. The van der Waals surface area contributed by atoms with Crippen LogP contribution in [0.25, 0.3) is 0 Å². The van der Waals surface area contributed by atoms with Gasteiger partial charge in [0.2, 0.25) is 0 Å². The molecule has 0 radical (unpaired) electrons. The summed E-state index contributed by atoms with van der Waals surface area (Å²) in [4.78, 5) is 0. The molecule has 2 heteroatoms. The minimum absolute atomic E-state index is 0.109. The summed E-state index contributed by atoms with van der Waals surface area (Å²) < 4.78 is 0. The summed E-state index contributed by atoms with van der Waals surface area (Å²) >= 11 is 0. The minimum atomic E-state index is -0.342. The first-order valence-electron chi connectivity index (χ1n) is 4.07. The first kappa shape index (κ1) is 9.70. The summed E-state index contributed by atoms with van der Waals surface area (Å²) in [6.07, 6.45) is -0.342. The molecule has 0 bridgehead atoms. The third-order valence-electron chi connectivity index (χ3n) is 1.87. The highest BCUT2D eigenvalue weighted by atomic mass is 31.1. The number of benzene rings is 1. The Bertz CT molecular complexity index is 229. The molecule has 0 saturated heterocycles. The van der Waals surface area contributed by atoms with Crippen LogP contribution in [0.15, 0.2) is 24.3 Å². The zero-order chi connectivity index (χ0) is 9.14. The van der Waals surface area contributed by atoms with E-state index in [1.165, 1.54) is 5.30 Å². The molecule has 0 spiro atoms. The van der Waals surface area contributed by atoms with Crippen LogP contribution in [0.5, 0.6) is 0 Å². The average Bonchev–Trinajstić information content (AvgIpc) is 2.04. The van der Waals surface area contributed by atoms with E-state index in [0.29, 0.717) is 0 Å². The zero-order valence-electron chi connectivity index (χ0n) is 7.78. The number of aliphatic hydroxyl groups is 1. The van der Waals surface area contributed by atoms with E-state index in [4.69, 9.17) is 0 Å². The molecule has 1 nitrogen and oxygen atoms in total. The van der Waals surface area contributed by atoms with E-state index < -0.39 is 0 Å². The van der Waals surface area contributed by atoms with Crippen molar-refractivity contribution in [3.8, 4) is 0 Å². The number of aliphatic hydroxyl groups excluding tert-OH is 1. The molecule has 0 saturated carbocycles. The second-order valence-corrected chi connectivity index (χ2v) is 5.40. The SMILES string of the molecule is C[C@@H](O)c1ccccc1P(C)C. The van der Waals surface area contributed by atoms with E-state index in [9.17, 15) is 5.11 Å². The molecule has 1 rings (SSSR count). The van der Waals surface area contributed by atoms with Crippen molar-refractivity contribution in [3.63, 3.8) is 0 Å². The molecule has 0 heterocycles. The highest BCUT2D eigenvalue weighted by molar-refractivity contribution is 7.64. The maximum Gasteiger partial charge on any atom is 0.0768 e. The monoisotopic (exact) mass is 182 g/mol. The number of rotatable bonds is 2. The summed E-state index contributed by atoms with van der Waals surface area (Å²) in [5.41, 5.74) is 1.08. The van der Waals surface area contributed by atoms with Crippen molar-refractivity contribution in [2.45, 2.75) is 13.0 Å². The van der Waals surface area contributed by atoms with Gasteiger partial charge in [-0.15, -0.1) is 0 Å². The summed E-state index contributed by atoms with van der Waals surface area (Å²) in [6, 6.07) is 8.12. The molecule has 12 heavy (non-hydrogen) atoms. The van der Waals surface area contributed by atoms with Crippen molar-refractivity contribution in [2.75, 3.05) is 13.3 Å². The number of hydrogen-bond donors (Lipinski definition) is 1. The lowest BCUT2D eigenvalue weighted by atomic mass is 10.1. The highest BCUT2D eigenvalue weighted by Crippen LogP contribution is 2.27. The van der Waals surface area contributed by atoms with Gasteiger partial charge >= 0.3 is 0 Å². The van der Waals surface area contributed by atoms with Crippen molar-refractivity contribution < 1.29 is 5.11 Å². The van der Waals surface area contributed by atoms with Crippen LogP contribution < -0.4 is 5.30 Å². The molecule has 0 aromatic heterocycles. The van der Waals surface area contributed by atoms with E-state index in [-0.39, 0.29) is 14.0 Å². The first-order valence-corrected chi connectivity index (χ1v) is 6.31. The average molecular weight is 182 g/mol. The Balaban J connectivity index is 3.09. The molecule has 0 amide bonds. The Morgan fingerprint density at radius 2 is 1.83 bits per heavy atom. The molecule has 0 unspecified atom stereocenters. The van der Waals surface area contributed by atoms with Gasteiger partial charge in [0.25, 0.3) is 0 Å². The summed E-state index contributed by atoms with van der Waals surface area (Å²) in [7, 11) is -0.109. The Labute approximate surface area is 75.2 Å². The lowest BCUT2D eigenvalue weighted by Crippen LogP contribution is -2.09. The summed E-state index contributed by atoms with van der Waals surface area (Å²) in [6.45, 7) is 6.23. The van der Waals surface area contributed by atoms with Gasteiger partial charge in [0.15, 0.2) is 0 Å². The van der Waals surface area contributed by atoms with E-state index >= 15 is 0 Å². The predicted molar refractivity (Wildman–Crippen MR) is 55.5 cm³/mol. The Morgan fingerprint density at radius 3 is 2.25 bits per heavy atom. The molecule has 66 valence electrons. The Kier molecular flexibility index (Phi) is 3.25. The standard InChI is InChI=1S/C10H15OP/c1-8(11)9-6-4-5-7-10(9)12(2)3/h4-8,11H,1-3H3/t8-/m1/s1. The smallest absolute Gasteiger partial charge is 0.0768 e. The van der Waals surface area contributed by atoms with E-state index in [2.05, 4.69) is 19.4 Å².